The van der Waals surface area contributed by atoms with E-state index in [0.29, 0.717) is 19.8 Å². The first kappa shape index (κ1) is 33.7. The zero-order valence-electron chi connectivity index (χ0n) is 26.3. The molecule has 4 rings (SSSR count). The Kier molecular flexibility index (Phi) is 15.7. The fourth-order valence-corrected chi connectivity index (χ4v) is 6.82. The SMILES string of the molecule is CCCCCCCCCCCCO[C@H]1[C@H](OCc2ccccc2)[C@@H](OCc2ccccc2)[C@H](Sc2ccccc2)O[C@@H]1C. The Labute approximate surface area is 264 Å². The van der Waals surface area contributed by atoms with Crippen LogP contribution < -0.4 is 0 Å². The van der Waals surface area contributed by atoms with Crippen molar-refractivity contribution in [2.45, 2.75) is 126 Å². The van der Waals surface area contributed by atoms with Crippen molar-refractivity contribution in [3.8, 4) is 0 Å². The molecule has 0 N–H and O–H groups in total. The Morgan fingerprint density at radius 3 is 1.60 bits per heavy atom. The molecule has 43 heavy (non-hydrogen) atoms. The standard InChI is InChI=1S/C38H52O4S/c1-3-4-5-6-7-8-9-10-11-21-28-39-35-31(2)42-38(43-34-26-19-14-20-27-34)37(41-30-33-24-17-13-18-25-33)36(35)40-29-32-22-15-12-16-23-32/h12-20,22-27,31,35-38H,3-11,21,28-30H2,1-2H3/t31-,35-,36+,37-,38+/m1/s1. The van der Waals surface area contributed by atoms with Crippen LogP contribution in [0, 0.1) is 0 Å². The molecule has 1 aliphatic rings. The number of unbranched alkanes of at least 4 members (excludes halogenated alkanes) is 9. The Morgan fingerprint density at radius 2 is 1.05 bits per heavy atom. The molecule has 0 saturated carbocycles. The van der Waals surface area contributed by atoms with E-state index in [1.54, 1.807) is 11.8 Å². The van der Waals surface area contributed by atoms with Gasteiger partial charge >= 0.3 is 0 Å². The average Bonchev–Trinajstić information content (AvgIpc) is 3.04. The van der Waals surface area contributed by atoms with Crippen molar-refractivity contribution in [2.75, 3.05) is 6.61 Å². The maximum atomic E-state index is 6.73. The molecule has 0 bridgehead atoms. The van der Waals surface area contributed by atoms with Gasteiger partial charge in [0.2, 0.25) is 0 Å². The zero-order chi connectivity index (χ0) is 30.0. The van der Waals surface area contributed by atoms with Crippen molar-refractivity contribution in [3.05, 3.63) is 102 Å². The Morgan fingerprint density at radius 1 is 0.558 bits per heavy atom. The van der Waals surface area contributed by atoms with Crippen molar-refractivity contribution >= 4 is 11.8 Å². The first-order chi connectivity index (χ1) is 21.2. The minimum absolute atomic E-state index is 0.123. The minimum Gasteiger partial charge on any atom is -0.373 e. The summed E-state index contributed by atoms with van der Waals surface area (Å²) in [6.45, 7) is 6.10. The van der Waals surface area contributed by atoms with Crippen molar-refractivity contribution in [1.82, 2.24) is 0 Å². The summed E-state index contributed by atoms with van der Waals surface area (Å²) < 4.78 is 26.7. The lowest BCUT2D eigenvalue weighted by molar-refractivity contribution is -0.240. The van der Waals surface area contributed by atoms with Crippen LogP contribution in [0.5, 0.6) is 0 Å². The van der Waals surface area contributed by atoms with Crippen LogP contribution in [0.4, 0.5) is 0 Å². The zero-order valence-corrected chi connectivity index (χ0v) is 27.1. The number of ether oxygens (including phenoxy) is 4. The van der Waals surface area contributed by atoms with Crippen LogP contribution in [-0.2, 0) is 32.2 Å². The molecule has 3 aromatic carbocycles. The van der Waals surface area contributed by atoms with Crippen LogP contribution in [0.2, 0.25) is 0 Å². The van der Waals surface area contributed by atoms with E-state index >= 15 is 0 Å². The highest BCUT2D eigenvalue weighted by Gasteiger charge is 2.47. The van der Waals surface area contributed by atoms with Crippen molar-refractivity contribution in [1.29, 1.82) is 0 Å². The lowest BCUT2D eigenvalue weighted by Gasteiger charge is -2.45. The second-order valence-electron chi connectivity index (χ2n) is 11.7. The highest BCUT2D eigenvalue weighted by molar-refractivity contribution is 7.99. The number of hydrogen-bond acceptors (Lipinski definition) is 5. The lowest BCUT2D eigenvalue weighted by Crippen LogP contribution is -2.58. The third-order valence-electron chi connectivity index (χ3n) is 8.10. The Balaban J connectivity index is 1.40. The van der Waals surface area contributed by atoms with E-state index in [4.69, 9.17) is 18.9 Å². The average molecular weight is 605 g/mol. The van der Waals surface area contributed by atoms with Gasteiger partial charge in [-0.3, -0.25) is 0 Å². The van der Waals surface area contributed by atoms with Crippen LogP contribution >= 0.6 is 11.8 Å². The van der Waals surface area contributed by atoms with E-state index in [0.717, 1.165) is 22.4 Å². The van der Waals surface area contributed by atoms with Gasteiger partial charge in [0.05, 0.1) is 19.3 Å². The van der Waals surface area contributed by atoms with E-state index in [-0.39, 0.29) is 29.9 Å². The summed E-state index contributed by atoms with van der Waals surface area (Å²) in [6, 6.07) is 31.1. The van der Waals surface area contributed by atoms with E-state index in [9.17, 15) is 0 Å². The molecule has 0 aromatic heterocycles. The molecule has 0 aliphatic carbocycles. The summed E-state index contributed by atoms with van der Waals surface area (Å²) >= 11 is 1.70. The van der Waals surface area contributed by atoms with Crippen LogP contribution in [-0.4, -0.2) is 36.5 Å². The Hall–Kier alpha value is -2.15. The van der Waals surface area contributed by atoms with Crippen molar-refractivity contribution in [2.24, 2.45) is 0 Å². The van der Waals surface area contributed by atoms with Gasteiger partial charge in [-0.25, -0.2) is 0 Å². The fourth-order valence-electron chi connectivity index (χ4n) is 5.64. The van der Waals surface area contributed by atoms with Crippen LogP contribution in [0.3, 0.4) is 0 Å². The molecule has 0 amide bonds. The lowest BCUT2D eigenvalue weighted by atomic mass is 9.99. The van der Waals surface area contributed by atoms with Gasteiger partial charge in [0.1, 0.15) is 23.7 Å². The second-order valence-corrected chi connectivity index (χ2v) is 12.9. The van der Waals surface area contributed by atoms with E-state index in [1.165, 1.54) is 57.8 Å². The smallest absolute Gasteiger partial charge is 0.136 e. The van der Waals surface area contributed by atoms with E-state index < -0.39 is 0 Å². The summed E-state index contributed by atoms with van der Waals surface area (Å²) in [7, 11) is 0. The topological polar surface area (TPSA) is 36.9 Å². The quantitative estimate of drug-likeness (QED) is 0.120. The molecule has 1 saturated heterocycles. The summed E-state index contributed by atoms with van der Waals surface area (Å²) in [5.41, 5.74) is 2.05. The van der Waals surface area contributed by atoms with Crippen molar-refractivity contribution < 1.29 is 18.9 Å². The monoisotopic (exact) mass is 604 g/mol. The molecule has 4 nitrogen and oxygen atoms in total. The molecule has 0 spiro atoms. The minimum atomic E-state index is -0.303. The molecule has 5 atom stereocenters. The van der Waals surface area contributed by atoms with E-state index in [2.05, 4.69) is 86.6 Å². The molecular formula is C38H52O4S. The summed E-state index contributed by atoms with van der Waals surface area (Å²) in [4.78, 5) is 1.15. The van der Waals surface area contributed by atoms with Gasteiger partial charge in [-0.05, 0) is 36.6 Å². The molecule has 0 unspecified atom stereocenters. The van der Waals surface area contributed by atoms with Gasteiger partial charge < -0.3 is 18.9 Å². The first-order valence-corrected chi connectivity index (χ1v) is 17.4. The molecule has 5 heteroatoms. The largest absolute Gasteiger partial charge is 0.373 e. The van der Waals surface area contributed by atoms with Crippen LogP contribution in [0.1, 0.15) is 89.2 Å². The highest BCUT2D eigenvalue weighted by atomic mass is 32.2. The highest BCUT2D eigenvalue weighted by Crippen LogP contribution is 2.37. The maximum Gasteiger partial charge on any atom is 0.136 e. The molecule has 234 valence electrons. The van der Waals surface area contributed by atoms with Gasteiger partial charge in [0.25, 0.3) is 0 Å². The summed E-state index contributed by atoms with van der Waals surface area (Å²) in [6.07, 6.45) is 12.2. The van der Waals surface area contributed by atoms with Gasteiger partial charge in [-0.2, -0.15) is 0 Å². The number of rotatable bonds is 20. The molecular weight excluding hydrogens is 552 g/mol. The molecule has 1 aliphatic heterocycles. The van der Waals surface area contributed by atoms with Gasteiger partial charge in [-0.15, -0.1) is 0 Å². The predicted molar refractivity (Wildman–Crippen MR) is 178 cm³/mol. The first-order valence-electron chi connectivity index (χ1n) is 16.5. The van der Waals surface area contributed by atoms with Gasteiger partial charge in [0, 0.05) is 11.5 Å². The van der Waals surface area contributed by atoms with Crippen LogP contribution in [0.25, 0.3) is 0 Å². The number of benzene rings is 3. The molecule has 1 fully saturated rings. The molecule has 3 aromatic rings. The molecule has 0 radical (unpaired) electrons. The van der Waals surface area contributed by atoms with Crippen molar-refractivity contribution in [3.63, 3.8) is 0 Å². The fraction of sp³-hybridized carbons (Fsp3) is 0.526. The molecule has 1 heterocycles. The number of hydrogen-bond donors (Lipinski definition) is 0. The normalized spacial score (nSPS) is 22.0. The van der Waals surface area contributed by atoms with Gasteiger partial charge in [0.15, 0.2) is 0 Å². The summed E-state index contributed by atoms with van der Waals surface area (Å²) in [5, 5.41) is 0. The summed E-state index contributed by atoms with van der Waals surface area (Å²) in [5.74, 6) is 0. The predicted octanol–water partition coefficient (Wildman–Crippen LogP) is 10.0. The van der Waals surface area contributed by atoms with Gasteiger partial charge in [-0.1, -0.05) is 155 Å². The second kappa shape index (κ2) is 20.0. The van der Waals surface area contributed by atoms with Crippen LogP contribution in [0.15, 0.2) is 95.9 Å². The number of thioether (sulfide) groups is 1. The maximum absolute atomic E-state index is 6.73. The third kappa shape index (κ3) is 12.0. The Bertz CT molecular complexity index is 1100. The van der Waals surface area contributed by atoms with E-state index in [1.807, 2.05) is 18.2 Å². The third-order valence-corrected chi connectivity index (χ3v) is 9.26.